The molecule has 0 saturated carbocycles. The predicted octanol–water partition coefficient (Wildman–Crippen LogP) is 3.47. The van der Waals surface area contributed by atoms with E-state index in [0.29, 0.717) is 22.3 Å². The first kappa shape index (κ1) is 15.6. The van der Waals surface area contributed by atoms with Gasteiger partial charge in [-0.05, 0) is 26.0 Å². The van der Waals surface area contributed by atoms with Crippen molar-refractivity contribution in [1.29, 1.82) is 0 Å². The second kappa shape index (κ2) is 5.89. The number of halogens is 3. The monoisotopic (exact) mass is 297 g/mol. The number of alkyl halides is 3. The lowest BCUT2D eigenvalue weighted by Crippen LogP contribution is -2.39. The summed E-state index contributed by atoms with van der Waals surface area (Å²) in [4.78, 5) is 5.70. The molecule has 0 atom stereocenters. The van der Waals surface area contributed by atoms with Crippen LogP contribution in [0.2, 0.25) is 0 Å². The molecule has 0 saturated heterocycles. The summed E-state index contributed by atoms with van der Waals surface area (Å²) in [5.74, 6) is 0. The standard InChI is InChI=1S/C15H18F3N3/c1-10(2)21(9-15(16,17)18)14-7-11(8-19)20-13-6-4-3-5-12(13)14/h3-7,10H,8-9,19H2,1-2H3. The van der Waals surface area contributed by atoms with Crippen LogP contribution in [0, 0.1) is 0 Å². The third kappa shape index (κ3) is 3.64. The van der Waals surface area contributed by atoms with Crippen molar-refractivity contribution in [2.24, 2.45) is 5.73 Å². The first-order valence-electron chi connectivity index (χ1n) is 6.74. The fraction of sp³-hybridized carbons (Fsp3) is 0.400. The minimum atomic E-state index is -4.27. The normalized spacial score (nSPS) is 12.1. The van der Waals surface area contributed by atoms with Crippen molar-refractivity contribution < 1.29 is 13.2 Å². The summed E-state index contributed by atoms with van der Waals surface area (Å²) in [6, 6.07) is 8.52. The van der Waals surface area contributed by atoms with Crippen LogP contribution in [0.4, 0.5) is 18.9 Å². The average Bonchev–Trinajstić information content (AvgIpc) is 2.42. The second-order valence-electron chi connectivity index (χ2n) is 5.19. The summed E-state index contributed by atoms with van der Waals surface area (Å²) in [6.07, 6.45) is -4.27. The van der Waals surface area contributed by atoms with Crippen LogP contribution in [0.5, 0.6) is 0 Å². The highest BCUT2D eigenvalue weighted by Crippen LogP contribution is 2.31. The molecule has 0 fully saturated rings. The fourth-order valence-corrected chi connectivity index (χ4v) is 2.29. The zero-order valence-corrected chi connectivity index (χ0v) is 12.0. The van der Waals surface area contributed by atoms with E-state index in [1.165, 1.54) is 4.90 Å². The van der Waals surface area contributed by atoms with Crippen LogP contribution in [0.25, 0.3) is 10.9 Å². The number of pyridine rings is 1. The van der Waals surface area contributed by atoms with Gasteiger partial charge in [0, 0.05) is 23.7 Å². The van der Waals surface area contributed by atoms with Crippen molar-refractivity contribution >= 4 is 16.6 Å². The van der Waals surface area contributed by atoms with E-state index in [4.69, 9.17) is 5.73 Å². The first-order valence-corrected chi connectivity index (χ1v) is 6.74. The van der Waals surface area contributed by atoms with E-state index >= 15 is 0 Å². The lowest BCUT2D eigenvalue weighted by atomic mass is 10.1. The molecular weight excluding hydrogens is 279 g/mol. The van der Waals surface area contributed by atoms with Crippen molar-refractivity contribution in [3.8, 4) is 0 Å². The van der Waals surface area contributed by atoms with Gasteiger partial charge in [0.1, 0.15) is 6.54 Å². The van der Waals surface area contributed by atoms with Crippen LogP contribution in [0.15, 0.2) is 30.3 Å². The highest BCUT2D eigenvalue weighted by molar-refractivity contribution is 5.92. The molecule has 114 valence electrons. The minimum absolute atomic E-state index is 0.190. The Bertz CT molecular complexity index is 623. The Kier molecular flexibility index (Phi) is 4.37. The molecule has 2 rings (SSSR count). The van der Waals surface area contributed by atoms with Crippen LogP contribution in [0.1, 0.15) is 19.5 Å². The lowest BCUT2D eigenvalue weighted by Gasteiger charge is -2.31. The minimum Gasteiger partial charge on any atom is -0.359 e. The molecule has 0 aliphatic rings. The van der Waals surface area contributed by atoms with E-state index < -0.39 is 12.7 Å². The summed E-state index contributed by atoms with van der Waals surface area (Å²) in [5, 5.41) is 0.702. The number of rotatable bonds is 4. The van der Waals surface area contributed by atoms with Gasteiger partial charge in [0.05, 0.1) is 11.2 Å². The predicted molar refractivity (Wildman–Crippen MR) is 78.2 cm³/mol. The average molecular weight is 297 g/mol. The zero-order chi connectivity index (χ0) is 15.6. The Morgan fingerprint density at radius 3 is 2.48 bits per heavy atom. The van der Waals surface area contributed by atoms with Crippen LogP contribution in [-0.4, -0.2) is 23.7 Å². The van der Waals surface area contributed by atoms with Crippen molar-refractivity contribution in [2.45, 2.75) is 32.6 Å². The molecule has 3 nitrogen and oxygen atoms in total. The number of benzene rings is 1. The smallest absolute Gasteiger partial charge is 0.359 e. The summed E-state index contributed by atoms with van der Waals surface area (Å²) < 4.78 is 38.6. The van der Waals surface area contributed by atoms with Gasteiger partial charge in [-0.3, -0.25) is 4.98 Å². The maximum atomic E-state index is 12.9. The van der Waals surface area contributed by atoms with E-state index in [1.54, 1.807) is 38.1 Å². The fourth-order valence-electron chi connectivity index (χ4n) is 2.29. The van der Waals surface area contributed by atoms with Crippen LogP contribution < -0.4 is 10.6 Å². The number of aromatic nitrogens is 1. The first-order chi connectivity index (χ1) is 9.81. The number of hydrogen-bond donors (Lipinski definition) is 1. The van der Waals surface area contributed by atoms with Crippen molar-refractivity contribution in [2.75, 3.05) is 11.4 Å². The summed E-state index contributed by atoms with van der Waals surface area (Å²) in [5.41, 5.74) is 7.37. The van der Waals surface area contributed by atoms with Gasteiger partial charge in [-0.15, -0.1) is 0 Å². The van der Waals surface area contributed by atoms with E-state index in [2.05, 4.69) is 4.98 Å². The highest BCUT2D eigenvalue weighted by atomic mass is 19.4. The molecule has 0 aliphatic heterocycles. The molecule has 0 amide bonds. The molecule has 0 radical (unpaired) electrons. The number of para-hydroxylation sites is 1. The molecule has 6 heteroatoms. The SMILES string of the molecule is CC(C)N(CC(F)(F)F)c1cc(CN)nc2ccccc12. The molecule has 0 aliphatic carbocycles. The molecule has 21 heavy (non-hydrogen) atoms. The molecule has 2 aromatic rings. The topological polar surface area (TPSA) is 42.1 Å². The summed E-state index contributed by atoms with van der Waals surface area (Å²) >= 11 is 0. The molecular formula is C15H18F3N3. The molecule has 0 bridgehead atoms. The summed E-state index contributed by atoms with van der Waals surface area (Å²) in [7, 11) is 0. The van der Waals surface area contributed by atoms with Crippen LogP contribution in [0.3, 0.4) is 0 Å². The van der Waals surface area contributed by atoms with E-state index in [9.17, 15) is 13.2 Å². The number of nitrogens with zero attached hydrogens (tertiary/aromatic N) is 2. The maximum Gasteiger partial charge on any atom is 0.405 e. The maximum absolute atomic E-state index is 12.9. The Hall–Kier alpha value is -1.82. The Morgan fingerprint density at radius 2 is 1.90 bits per heavy atom. The quantitative estimate of drug-likeness (QED) is 0.939. The van der Waals surface area contributed by atoms with Gasteiger partial charge in [-0.1, -0.05) is 18.2 Å². The molecule has 2 N–H and O–H groups in total. The number of nitrogens with two attached hydrogens (primary N) is 1. The van der Waals surface area contributed by atoms with Crippen LogP contribution >= 0.6 is 0 Å². The Balaban J connectivity index is 2.60. The van der Waals surface area contributed by atoms with E-state index in [0.717, 1.165) is 0 Å². The summed E-state index contributed by atoms with van der Waals surface area (Å²) in [6.45, 7) is 2.67. The second-order valence-corrected chi connectivity index (χ2v) is 5.19. The molecule has 1 aromatic carbocycles. The van der Waals surface area contributed by atoms with Crippen LogP contribution in [-0.2, 0) is 6.54 Å². The van der Waals surface area contributed by atoms with Gasteiger partial charge in [0.15, 0.2) is 0 Å². The molecule has 0 unspecified atom stereocenters. The Morgan fingerprint density at radius 1 is 1.24 bits per heavy atom. The zero-order valence-electron chi connectivity index (χ0n) is 12.0. The van der Waals surface area contributed by atoms with Gasteiger partial charge in [-0.2, -0.15) is 13.2 Å². The molecule has 1 heterocycles. The molecule has 0 spiro atoms. The third-order valence-electron chi connectivity index (χ3n) is 3.24. The van der Waals surface area contributed by atoms with Gasteiger partial charge in [-0.25, -0.2) is 0 Å². The van der Waals surface area contributed by atoms with E-state index in [1.807, 2.05) is 6.07 Å². The van der Waals surface area contributed by atoms with Crippen molar-refractivity contribution in [1.82, 2.24) is 4.98 Å². The van der Waals surface area contributed by atoms with Crippen molar-refractivity contribution in [3.63, 3.8) is 0 Å². The number of hydrogen-bond acceptors (Lipinski definition) is 3. The highest BCUT2D eigenvalue weighted by Gasteiger charge is 2.32. The van der Waals surface area contributed by atoms with Gasteiger partial charge >= 0.3 is 6.18 Å². The van der Waals surface area contributed by atoms with Crippen molar-refractivity contribution in [3.05, 3.63) is 36.0 Å². The largest absolute Gasteiger partial charge is 0.405 e. The number of fused-ring (bicyclic) bond motifs is 1. The van der Waals surface area contributed by atoms with E-state index in [-0.39, 0.29) is 12.6 Å². The van der Waals surface area contributed by atoms with Gasteiger partial charge < -0.3 is 10.6 Å². The Labute approximate surface area is 121 Å². The third-order valence-corrected chi connectivity index (χ3v) is 3.24. The molecule has 1 aromatic heterocycles. The lowest BCUT2D eigenvalue weighted by molar-refractivity contribution is -0.120. The number of anilines is 1. The van der Waals surface area contributed by atoms with Gasteiger partial charge in [0.25, 0.3) is 0 Å². The van der Waals surface area contributed by atoms with Gasteiger partial charge in [0.2, 0.25) is 0 Å².